The fraction of sp³-hybridized carbons (Fsp3) is 0.375. The maximum absolute atomic E-state index is 11.2. The Morgan fingerprint density at radius 1 is 1.64 bits per heavy atom. The van der Waals surface area contributed by atoms with Crippen LogP contribution >= 0.6 is 0 Å². The lowest BCUT2D eigenvalue weighted by atomic mass is 10.4. The van der Waals surface area contributed by atoms with Gasteiger partial charge in [-0.1, -0.05) is 0 Å². The summed E-state index contributed by atoms with van der Waals surface area (Å²) >= 11 is 0. The molecule has 0 radical (unpaired) electrons. The molecular formula is C8H10N2O4. The van der Waals surface area contributed by atoms with E-state index in [2.05, 4.69) is 9.73 Å². The van der Waals surface area contributed by atoms with E-state index in [9.17, 15) is 9.59 Å². The molecule has 1 unspecified atom stereocenters. The van der Waals surface area contributed by atoms with Crippen molar-refractivity contribution >= 4 is 18.3 Å². The van der Waals surface area contributed by atoms with E-state index >= 15 is 0 Å². The third kappa shape index (κ3) is 2.09. The van der Waals surface area contributed by atoms with Gasteiger partial charge in [-0.3, -0.25) is 9.89 Å². The first kappa shape index (κ1) is 10.2. The number of esters is 1. The number of aliphatic imine (C=N–C) groups is 1. The van der Waals surface area contributed by atoms with Gasteiger partial charge in [0.05, 0.1) is 6.61 Å². The largest absolute Gasteiger partial charge is 0.465 e. The van der Waals surface area contributed by atoms with Gasteiger partial charge >= 0.3 is 12.1 Å². The van der Waals surface area contributed by atoms with E-state index in [0.29, 0.717) is 0 Å². The smallest absolute Gasteiger partial charge is 0.413 e. The number of amides is 1. The van der Waals surface area contributed by atoms with Gasteiger partial charge in [0.15, 0.2) is 0 Å². The van der Waals surface area contributed by atoms with Crippen LogP contribution in [0, 0.1) is 0 Å². The molecule has 1 heterocycles. The van der Waals surface area contributed by atoms with Crippen LogP contribution in [0.3, 0.4) is 0 Å². The number of nitrogens with zero attached hydrogens (tertiary/aromatic N) is 2. The topological polar surface area (TPSA) is 79.2 Å². The highest BCUT2D eigenvalue weighted by molar-refractivity contribution is 5.86. The molecule has 76 valence electrons. The second-order valence-electron chi connectivity index (χ2n) is 2.46. The lowest BCUT2D eigenvalue weighted by molar-refractivity contribution is -0.147. The number of carbonyl (C=O) groups is 2. The number of carbonyl (C=O) groups excluding carboxylic acids is 1. The standard InChI is InChI=1S/C8H10N2O4/c1-2-14-7(11)6-9-4-3-5-10(6)8(12)13/h3-6H,2H2,1H3,(H,12,13). The summed E-state index contributed by atoms with van der Waals surface area (Å²) in [7, 11) is 0. The number of hydrogen-bond acceptors (Lipinski definition) is 4. The van der Waals surface area contributed by atoms with Crippen molar-refractivity contribution in [3.8, 4) is 0 Å². The number of ether oxygens (including phenoxy) is 1. The Labute approximate surface area is 80.5 Å². The summed E-state index contributed by atoms with van der Waals surface area (Å²) in [5.74, 6) is -0.671. The van der Waals surface area contributed by atoms with E-state index < -0.39 is 18.2 Å². The molecule has 0 aliphatic carbocycles. The Bertz CT molecular complexity index is 298. The Kier molecular flexibility index (Phi) is 3.22. The van der Waals surface area contributed by atoms with Crippen LogP contribution in [0.25, 0.3) is 0 Å². The van der Waals surface area contributed by atoms with Gasteiger partial charge in [0, 0.05) is 12.4 Å². The van der Waals surface area contributed by atoms with E-state index in [1.807, 2.05) is 0 Å². The SMILES string of the molecule is CCOC(=O)C1N=CC=CN1C(=O)O. The van der Waals surface area contributed by atoms with Crippen molar-refractivity contribution in [2.45, 2.75) is 13.1 Å². The highest BCUT2D eigenvalue weighted by Crippen LogP contribution is 2.08. The molecule has 1 aliphatic rings. The molecule has 6 nitrogen and oxygen atoms in total. The monoisotopic (exact) mass is 198 g/mol. The minimum Gasteiger partial charge on any atom is -0.465 e. The van der Waals surface area contributed by atoms with Crippen LogP contribution in [0.2, 0.25) is 0 Å². The van der Waals surface area contributed by atoms with Crippen LogP contribution in [0.15, 0.2) is 17.3 Å². The zero-order valence-electron chi connectivity index (χ0n) is 7.58. The van der Waals surface area contributed by atoms with Crippen molar-refractivity contribution in [3.05, 3.63) is 12.3 Å². The lowest BCUT2D eigenvalue weighted by Crippen LogP contribution is -2.41. The normalized spacial score (nSPS) is 19.5. The second kappa shape index (κ2) is 4.40. The summed E-state index contributed by atoms with van der Waals surface area (Å²) in [5.41, 5.74) is 0. The van der Waals surface area contributed by atoms with Gasteiger partial charge in [0.1, 0.15) is 0 Å². The molecule has 0 fully saturated rings. The predicted molar refractivity (Wildman–Crippen MR) is 47.9 cm³/mol. The zero-order valence-corrected chi connectivity index (χ0v) is 7.58. The summed E-state index contributed by atoms with van der Waals surface area (Å²) in [6, 6.07) is 0. The molecule has 0 aromatic heterocycles. The van der Waals surface area contributed by atoms with Crippen molar-refractivity contribution in [3.63, 3.8) is 0 Å². The number of hydrogen-bond donors (Lipinski definition) is 1. The van der Waals surface area contributed by atoms with E-state index in [-0.39, 0.29) is 6.61 Å². The minimum atomic E-state index is -1.24. The Balaban J connectivity index is 2.75. The first-order valence-electron chi connectivity index (χ1n) is 4.04. The molecule has 1 amide bonds. The van der Waals surface area contributed by atoms with Gasteiger partial charge in [0.25, 0.3) is 0 Å². The average molecular weight is 198 g/mol. The first-order valence-corrected chi connectivity index (χ1v) is 4.04. The molecule has 0 aromatic rings. The molecule has 0 aromatic carbocycles. The fourth-order valence-corrected chi connectivity index (χ4v) is 0.975. The molecule has 1 N–H and O–H groups in total. The molecule has 1 atom stereocenters. The predicted octanol–water partition coefficient (Wildman–Crippen LogP) is 0.454. The lowest BCUT2D eigenvalue weighted by Gasteiger charge is -2.22. The van der Waals surface area contributed by atoms with Gasteiger partial charge in [-0.15, -0.1) is 0 Å². The summed E-state index contributed by atoms with van der Waals surface area (Å²) < 4.78 is 4.67. The highest BCUT2D eigenvalue weighted by atomic mass is 16.5. The van der Waals surface area contributed by atoms with Gasteiger partial charge in [-0.05, 0) is 13.0 Å². The van der Waals surface area contributed by atoms with Gasteiger partial charge < -0.3 is 9.84 Å². The van der Waals surface area contributed by atoms with Crippen LogP contribution in [0.1, 0.15) is 6.92 Å². The van der Waals surface area contributed by atoms with Crippen molar-refractivity contribution in [1.82, 2.24) is 4.90 Å². The number of rotatable bonds is 2. The molecule has 1 aliphatic heterocycles. The summed E-state index contributed by atoms with van der Waals surface area (Å²) in [5, 5.41) is 8.72. The molecular weight excluding hydrogens is 188 g/mol. The molecule has 0 saturated heterocycles. The van der Waals surface area contributed by atoms with E-state index in [1.54, 1.807) is 6.92 Å². The molecule has 0 saturated carbocycles. The van der Waals surface area contributed by atoms with Crippen LogP contribution in [-0.2, 0) is 9.53 Å². The molecule has 1 rings (SSSR count). The number of allylic oxidation sites excluding steroid dienone is 1. The van der Waals surface area contributed by atoms with Crippen LogP contribution in [-0.4, -0.2) is 41.1 Å². The van der Waals surface area contributed by atoms with Gasteiger partial charge in [-0.2, -0.15) is 0 Å². The maximum atomic E-state index is 11.2. The third-order valence-corrected chi connectivity index (χ3v) is 1.54. The van der Waals surface area contributed by atoms with Crippen LogP contribution in [0.5, 0.6) is 0 Å². The molecule has 0 spiro atoms. The first-order chi connectivity index (χ1) is 6.66. The Hall–Kier alpha value is -1.85. The van der Waals surface area contributed by atoms with Crippen molar-refractivity contribution < 1.29 is 19.4 Å². The van der Waals surface area contributed by atoms with E-state index in [1.165, 1.54) is 18.5 Å². The van der Waals surface area contributed by atoms with Gasteiger partial charge in [0.2, 0.25) is 6.17 Å². The quantitative estimate of drug-likeness (QED) is 0.653. The summed E-state index contributed by atoms with van der Waals surface area (Å²) in [6.45, 7) is 1.84. The molecule has 6 heteroatoms. The van der Waals surface area contributed by atoms with Crippen LogP contribution in [0.4, 0.5) is 4.79 Å². The van der Waals surface area contributed by atoms with Crippen LogP contribution < -0.4 is 0 Å². The van der Waals surface area contributed by atoms with Crippen molar-refractivity contribution in [1.29, 1.82) is 0 Å². The Morgan fingerprint density at radius 3 is 2.93 bits per heavy atom. The third-order valence-electron chi connectivity index (χ3n) is 1.54. The fourth-order valence-electron chi connectivity index (χ4n) is 0.975. The molecule has 0 bridgehead atoms. The maximum Gasteiger partial charge on any atom is 0.413 e. The second-order valence-corrected chi connectivity index (χ2v) is 2.46. The van der Waals surface area contributed by atoms with Gasteiger partial charge in [-0.25, -0.2) is 9.59 Å². The van der Waals surface area contributed by atoms with E-state index in [4.69, 9.17) is 5.11 Å². The average Bonchev–Trinajstić information content (AvgIpc) is 2.18. The van der Waals surface area contributed by atoms with E-state index in [0.717, 1.165) is 4.90 Å². The summed E-state index contributed by atoms with van der Waals surface area (Å²) in [6.07, 6.45) is 1.70. The minimum absolute atomic E-state index is 0.196. The Morgan fingerprint density at radius 2 is 2.36 bits per heavy atom. The highest BCUT2D eigenvalue weighted by Gasteiger charge is 2.29. The zero-order chi connectivity index (χ0) is 10.6. The number of carboxylic acid groups (broad SMARTS) is 1. The van der Waals surface area contributed by atoms with Crippen molar-refractivity contribution in [2.75, 3.05) is 6.61 Å². The molecule has 14 heavy (non-hydrogen) atoms. The van der Waals surface area contributed by atoms with Crippen molar-refractivity contribution in [2.24, 2.45) is 4.99 Å². The summed E-state index contributed by atoms with van der Waals surface area (Å²) in [4.78, 5) is 26.4.